The number of rotatable bonds is 0. The van der Waals surface area contributed by atoms with E-state index in [0.717, 1.165) is 21.8 Å². The molecule has 3 aromatic rings. The molecule has 1 N–H and O–H groups in total. The molecule has 15 heavy (non-hydrogen) atoms. The number of aryl methyl sites for hydroxylation is 1. The molecule has 0 aliphatic rings. The van der Waals surface area contributed by atoms with Crippen molar-refractivity contribution < 1.29 is 4.42 Å². The summed E-state index contributed by atoms with van der Waals surface area (Å²) in [5.74, 6) is 0.662. The highest BCUT2D eigenvalue weighted by Gasteiger charge is 2.08. The lowest BCUT2D eigenvalue weighted by molar-refractivity contribution is 0.488. The first-order valence-corrected chi connectivity index (χ1v) is 4.77. The number of para-hydroxylation sites is 1. The minimum atomic E-state index is -0.313. The number of nitrogens with one attached hydrogen (secondary N) is 1. The molecule has 3 nitrogen and oxygen atoms in total. The van der Waals surface area contributed by atoms with Crippen LogP contribution in [-0.4, -0.2) is 4.98 Å². The molecule has 0 saturated heterocycles. The maximum Gasteiger partial charge on any atom is 0.337 e. The predicted octanol–water partition coefficient (Wildman–Crippen LogP) is 2.58. The Morgan fingerprint density at radius 2 is 2.00 bits per heavy atom. The summed E-state index contributed by atoms with van der Waals surface area (Å²) in [6.45, 7) is 1.81. The zero-order valence-corrected chi connectivity index (χ0v) is 8.20. The standard InChI is InChI=1S/C12H9NO2/c1-7-12-8-4-2-3-5-9(8)13-10(12)6-11(14)15-7/h2-6,13H,1H3. The molecule has 2 heterocycles. The molecule has 3 heteroatoms. The highest BCUT2D eigenvalue weighted by atomic mass is 16.4. The van der Waals surface area contributed by atoms with Crippen molar-refractivity contribution in [1.29, 1.82) is 0 Å². The van der Waals surface area contributed by atoms with Crippen LogP contribution in [0.5, 0.6) is 0 Å². The third kappa shape index (κ3) is 1.09. The van der Waals surface area contributed by atoms with Crippen molar-refractivity contribution in [2.75, 3.05) is 0 Å². The fraction of sp³-hybridized carbons (Fsp3) is 0.0833. The van der Waals surface area contributed by atoms with Crippen molar-refractivity contribution in [3.8, 4) is 0 Å². The summed E-state index contributed by atoms with van der Waals surface area (Å²) in [6.07, 6.45) is 0. The molecule has 0 atom stereocenters. The second-order valence-electron chi connectivity index (χ2n) is 3.58. The summed E-state index contributed by atoms with van der Waals surface area (Å²) in [7, 11) is 0. The molecular weight excluding hydrogens is 190 g/mol. The normalized spacial score (nSPS) is 11.3. The van der Waals surface area contributed by atoms with Crippen LogP contribution in [0.4, 0.5) is 0 Å². The largest absolute Gasteiger partial charge is 0.427 e. The van der Waals surface area contributed by atoms with Crippen molar-refractivity contribution in [3.05, 3.63) is 46.5 Å². The van der Waals surface area contributed by atoms with Gasteiger partial charge in [0.05, 0.1) is 5.52 Å². The average Bonchev–Trinajstić information content (AvgIpc) is 2.54. The van der Waals surface area contributed by atoms with Crippen LogP contribution in [0.2, 0.25) is 0 Å². The molecule has 0 spiro atoms. The van der Waals surface area contributed by atoms with Crippen molar-refractivity contribution in [3.63, 3.8) is 0 Å². The van der Waals surface area contributed by atoms with Gasteiger partial charge in [0.25, 0.3) is 0 Å². The molecule has 0 bridgehead atoms. The Kier molecular flexibility index (Phi) is 1.51. The van der Waals surface area contributed by atoms with Gasteiger partial charge < -0.3 is 9.40 Å². The molecule has 0 aliphatic heterocycles. The quantitative estimate of drug-likeness (QED) is 0.604. The van der Waals surface area contributed by atoms with E-state index in [1.54, 1.807) is 0 Å². The molecule has 0 radical (unpaired) electrons. The number of benzene rings is 1. The van der Waals surface area contributed by atoms with Gasteiger partial charge in [-0.05, 0) is 13.0 Å². The van der Waals surface area contributed by atoms with E-state index < -0.39 is 0 Å². The fourth-order valence-corrected chi connectivity index (χ4v) is 2.00. The van der Waals surface area contributed by atoms with Gasteiger partial charge in [-0.2, -0.15) is 0 Å². The van der Waals surface area contributed by atoms with Crippen LogP contribution >= 0.6 is 0 Å². The Hall–Kier alpha value is -2.03. The number of hydrogen-bond acceptors (Lipinski definition) is 2. The summed E-state index contributed by atoms with van der Waals surface area (Å²) < 4.78 is 5.08. The minimum absolute atomic E-state index is 0.313. The van der Waals surface area contributed by atoms with Crippen LogP contribution < -0.4 is 5.63 Å². The Morgan fingerprint density at radius 1 is 1.20 bits per heavy atom. The first kappa shape index (κ1) is 8.29. The number of hydrogen-bond donors (Lipinski definition) is 1. The predicted molar refractivity (Wildman–Crippen MR) is 59.1 cm³/mol. The molecule has 0 aliphatic carbocycles. The molecule has 3 rings (SSSR count). The van der Waals surface area contributed by atoms with Crippen molar-refractivity contribution in [2.45, 2.75) is 6.92 Å². The van der Waals surface area contributed by atoms with E-state index in [9.17, 15) is 4.79 Å². The monoisotopic (exact) mass is 199 g/mol. The molecule has 0 unspecified atom stereocenters. The lowest BCUT2D eigenvalue weighted by Gasteiger charge is -1.93. The maximum atomic E-state index is 11.2. The lowest BCUT2D eigenvalue weighted by atomic mass is 10.1. The van der Waals surface area contributed by atoms with Gasteiger partial charge in [-0.1, -0.05) is 18.2 Å². The highest BCUT2D eigenvalue weighted by Crippen LogP contribution is 2.26. The van der Waals surface area contributed by atoms with E-state index in [0.29, 0.717) is 5.76 Å². The zero-order valence-electron chi connectivity index (χ0n) is 8.20. The van der Waals surface area contributed by atoms with E-state index in [2.05, 4.69) is 4.98 Å². The molecule has 74 valence electrons. The maximum absolute atomic E-state index is 11.2. The van der Waals surface area contributed by atoms with Crippen LogP contribution in [0.15, 0.2) is 39.5 Å². The first-order valence-electron chi connectivity index (χ1n) is 4.77. The van der Waals surface area contributed by atoms with Gasteiger partial charge in [0, 0.05) is 22.4 Å². The van der Waals surface area contributed by atoms with Crippen molar-refractivity contribution in [1.82, 2.24) is 4.98 Å². The third-order valence-electron chi connectivity index (χ3n) is 2.60. The number of fused-ring (bicyclic) bond motifs is 3. The van der Waals surface area contributed by atoms with Gasteiger partial charge in [-0.3, -0.25) is 0 Å². The summed E-state index contributed by atoms with van der Waals surface area (Å²) in [6, 6.07) is 9.42. The fourth-order valence-electron chi connectivity index (χ4n) is 2.00. The van der Waals surface area contributed by atoms with Crippen LogP contribution in [0, 0.1) is 6.92 Å². The van der Waals surface area contributed by atoms with Crippen LogP contribution in [0.1, 0.15) is 5.76 Å². The Bertz CT molecular complexity index is 706. The summed E-state index contributed by atoms with van der Waals surface area (Å²) in [4.78, 5) is 14.4. The number of H-pyrrole nitrogens is 1. The Balaban J connectivity index is 2.67. The van der Waals surface area contributed by atoms with Crippen LogP contribution in [0.25, 0.3) is 21.8 Å². The van der Waals surface area contributed by atoms with Crippen LogP contribution in [0.3, 0.4) is 0 Å². The lowest BCUT2D eigenvalue weighted by Crippen LogP contribution is -1.96. The molecule has 1 aromatic carbocycles. The smallest absolute Gasteiger partial charge is 0.337 e. The van der Waals surface area contributed by atoms with Crippen molar-refractivity contribution in [2.24, 2.45) is 0 Å². The van der Waals surface area contributed by atoms with Gasteiger partial charge in [0.15, 0.2) is 0 Å². The molecule has 0 saturated carbocycles. The summed E-state index contributed by atoms with van der Waals surface area (Å²) in [5, 5.41) is 2.08. The van der Waals surface area contributed by atoms with E-state index in [-0.39, 0.29) is 5.63 Å². The van der Waals surface area contributed by atoms with Crippen LogP contribution in [-0.2, 0) is 0 Å². The average molecular weight is 199 g/mol. The minimum Gasteiger partial charge on any atom is -0.427 e. The second-order valence-corrected chi connectivity index (χ2v) is 3.58. The molecule has 0 fully saturated rings. The van der Waals surface area contributed by atoms with Crippen molar-refractivity contribution >= 4 is 21.8 Å². The number of aromatic nitrogens is 1. The molecular formula is C12H9NO2. The van der Waals surface area contributed by atoms with Gasteiger partial charge in [-0.15, -0.1) is 0 Å². The van der Waals surface area contributed by atoms with E-state index in [1.165, 1.54) is 6.07 Å². The van der Waals surface area contributed by atoms with E-state index in [1.807, 2.05) is 31.2 Å². The Labute approximate surface area is 85.3 Å². The third-order valence-corrected chi connectivity index (χ3v) is 2.60. The van der Waals surface area contributed by atoms with Gasteiger partial charge in [-0.25, -0.2) is 4.79 Å². The second kappa shape index (κ2) is 2.73. The van der Waals surface area contributed by atoms with Gasteiger partial charge >= 0.3 is 5.63 Å². The number of aromatic amines is 1. The topological polar surface area (TPSA) is 46.0 Å². The van der Waals surface area contributed by atoms with Gasteiger partial charge in [0.2, 0.25) is 0 Å². The SMILES string of the molecule is Cc1oc(=O)cc2[nH]c3ccccc3c12. The van der Waals surface area contributed by atoms with Gasteiger partial charge in [0.1, 0.15) is 5.76 Å². The molecule has 2 aromatic heterocycles. The highest BCUT2D eigenvalue weighted by molar-refractivity contribution is 6.07. The Morgan fingerprint density at radius 3 is 2.87 bits per heavy atom. The summed E-state index contributed by atoms with van der Waals surface area (Å²) in [5.41, 5.74) is 1.55. The van der Waals surface area contributed by atoms with E-state index in [4.69, 9.17) is 4.42 Å². The zero-order chi connectivity index (χ0) is 10.4. The van der Waals surface area contributed by atoms with E-state index >= 15 is 0 Å². The first-order chi connectivity index (χ1) is 7.25. The molecule has 0 amide bonds. The summed E-state index contributed by atoms with van der Waals surface area (Å²) >= 11 is 0.